The van der Waals surface area contributed by atoms with Crippen molar-refractivity contribution < 1.29 is 0 Å². The minimum atomic E-state index is 0.532. The molecule has 4 heteroatoms. The Bertz CT molecular complexity index is 727. The molecule has 1 aliphatic rings. The van der Waals surface area contributed by atoms with Crippen LogP contribution in [0.15, 0.2) is 55.0 Å². The first-order chi connectivity index (χ1) is 10.4. The van der Waals surface area contributed by atoms with Crippen molar-refractivity contribution in [3.63, 3.8) is 0 Å². The van der Waals surface area contributed by atoms with E-state index in [2.05, 4.69) is 50.1 Å². The summed E-state index contributed by atoms with van der Waals surface area (Å²) in [6.45, 7) is 2.12. The molecule has 0 saturated carbocycles. The van der Waals surface area contributed by atoms with Gasteiger partial charge < -0.3 is 4.90 Å². The van der Waals surface area contributed by atoms with E-state index in [-0.39, 0.29) is 0 Å². The van der Waals surface area contributed by atoms with Crippen LogP contribution in [0.5, 0.6) is 0 Å². The molecule has 3 heterocycles. The van der Waals surface area contributed by atoms with Crippen LogP contribution < -0.4 is 4.90 Å². The summed E-state index contributed by atoms with van der Waals surface area (Å²) in [4.78, 5) is 7.00. The fourth-order valence-electron chi connectivity index (χ4n) is 3.12. The molecule has 4 rings (SSSR count). The van der Waals surface area contributed by atoms with E-state index >= 15 is 0 Å². The van der Waals surface area contributed by atoms with Gasteiger partial charge in [0.15, 0.2) is 0 Å². The second-order valence-corrected chi connectivity index (χ2v) is 5.59. The third-order valence-electron chi connectivity index (χ3n) is 4.30. The number of para-hydroxylation sites is 1. The van der Waals surface area contributed by atoms with Gasteiger partial charge in [0.1, 0.15) is 0 Å². The van der Waals surface area contributed by atoms with Gasteiger partial charge in [0, 0.05) is 30.9 Å². The van der Waals surface area contributed by atoms with Gasteiger partial charge in [-0.3, -0.25) is 9.67 Å². The van der Waals surface area contributed by atoms with Crippen LogP contribution in [0.25, 0.3) is 10.9 Å². The van der Waals surface area contributed by atoms with Crippen LogP contribution in [-0.2, 0) is 0 Å². The van der Waals surface area contributed by atoms with E-state index in [9.17, 15) is 0 Å². The predicted octanol–water partition coefficient (Wildman–Crippen LogP) is 3.27. The van der Waals surface area contributed by atoms with E-state index in [1.807, 2.05) is 24.5 Å². The number of anilines is 1. The molecule has 0 amide bonds. The van der Waals surface area contributed by atoms with Crippen LogP contribution in [0.1, 0.15) is 18.9 Å². The number of hydrogen-bond acceptors (Lipinski definition) is 3. The molecule has 4 nitrogen and oxygen atoms in total. The first kappa shape index (κ1) is 12.4. The second-order valence-electron chi connectivity index (χ2n) is 5.59. The largest absolute Gasteiger partial charge is 0.370 e. The van der Waals surface area contributed by atoms with Crippen LogP contribution in [-0.4, -0.2) is 27.9 Å². The van der Waals surface area contributed by atoms with Gasteiger partial charge in [0.05, 0.1) is 23.4 Å². The van der Waals surface area contributed by atoms with Crippen LogP contribution in [0.2, 0.25) is 0 Å². The van der Waals surface area contributed by atoms with E-state index < -0.39 is 0 Å². The molecule has 0 aliphatic carbocycles. The highest BCUT2D eigenvalue weighted by molar-refractivity contribution is 5.81. The molecular formula is C17H18N4. The summed E-state index contributed by atoms with van der Waals surface area (Å²) in [7, 11) is 0. The molecule has 1 aromatic carbocycles. The Morgan fingerprint density at radius 2 is 1.90 bits per heavy atom. The van der Waals surface area contributed by atoms with Crippen LogP contribution in [0.4, 0.5) is 5.69 Å². The molecule has 0 atom stereocenters. The first-order valence-electron chi connectivity index (χ1n) is 7.49. The van der Waals surface area contributed by atoms with E-state index in [0.717, 1.165) is 31.4 Å². The molecule has 0 unspecified atom stereocenters. The Morgan fingerprint density at radius 3 is 2.71 bits per heavy atom. The number of piperidine rings is 1. The standard InChI is InChI=1S/C17H18N4/c1-2-5-17-14(4-1)12-16(13-18-17)20-10-6-15(7-11-20)21-9-3-8-19-21/h1-5,8-9,12-13,15H,6-7,10-11H2. The Labute approximate surface area is 124 Å². The quantitative estimate of drug-likeness (QED) is 0.721. The second kappa shape index (κ2) is 5.20. The lowest BCUT2D eigenvalue weighted by Crippen LogP contribution is -2.34. The molecule has 0 bridgehead atoms. The lowest BCUT2D eigenvalue weighted by atomic mass is 10.0. The summed E-state index contributed by atoms with van der Waals surface area (Å²) >= 11 is 0. The molecule has 0 radical (unpaired) electrons. The van der Waals surface area contributed by atoms with E-state index in [4.69, 9.17) is 0 Å². The maximum atomic E-state index is 4.57. The molecule has 1 fully saturated rings. The van der Waals surface area contributed by atoms with Gasteiger partial charge in [0.2, 0.25) is 0 Å². The van der Waals surface area contributed by atoms with Crippen molar-refractivity contribution >= 4 is 16.6 Å². The lowest BCUT2D eigenvalue weighted by molar-refractivity contribution is 0.367. The Balaban J connectivity index is 1.52. The van der Waals surface area contributed by atoms with Crippen molar-refractivity contribution in [2.24, 2.45) is 0 Å². The molecular weight excluding hydrogens is 260 g/mol. The maximum absolute atomic E-state index is 4.57. The van der Waals surface area contributed by atoms with E-state index in [1.54, 1.807) is 0 Å². The van der Waals surface area contributed by atoms with Crippen molar-refractivity contribution in [1.29, 1.82) is 0 Å². The summed E-state index contributed by atoms with van der Waals surface area (Å²) in [5.41, 5.74) is 2.29. The maximum Gasteiger partial charge on any atom is 0.0703 e. The number of pyridine rings is 1. The van der Waals surface area contributed by atoms with Gasteiger partial charge in [-0.15, -0.1) is 0 Å². The topological polar surface area (TPSA) is 34.0 Å². The Morgan fingerprint density at radius 1 is 1.05 bits per heavy atom. The summed E-state index contributed by atoms with van der Waals surface area (Å²) in [6, 6.07) is 13.1. The smallest absolute Gasteiger partial charge is 0.0703 e. The molecule has 21 heavy (non-hydrogen) atoms. The van der Waals surface area contributed by atoms with E-state index in [1.165, 1.54) is 11.1 Å². The average Bonchev–Trinajstić information content (AvgIpc) is 3.09. The monoisotopic (exact) mass is 278 g/mol. The number of aromatic nitrogens is 3. The highest BCUT2D eigenvalue weighted by Crippen LogP contribution is 2.27. The molecule has 1 saturated heterocycles. The molecule has 106 valence electrons. The number of rotatable bonds is 2. The highest BCUT2D eigenvalue weighted by Gasteiger charge is 2.21. The zero-order valence-electron chi connectivity index (χ0n) is 11.9. The predicted molar refractivity (Wildman–Crippen MR) is 84.5 cm³/mol. The normalized spacial score (nSPS) is 16.5. The van der Waals surface area contributed by atoms with Crippen molar-refractivity contribution in [2.45, 2.75) is 18.9 Å². The molecule has 1 aliphatic heterocycles. The first-order valence-corrected chi connectivity index (χ1v) is 7.49. The summed E-state index contributed by atoms with van der Waals surface area (Å²) < 4.78 is 2.09. The van der Waals surface area contributed by atoms with Crippen LogP contribution >= 0.6 is 0 Å². The summed E-state index contributed by atoms with van der Waals surface area (Å²) in [5, 5.41) is 5.58. The average molecular weight is 278 g/mol. The number of benzene rings is 1. The van der Waals surface area contributed by atoms with E-state index in [0.29, 0.717) is 6.04 Å². The minimum absolute atomic E-state index is 0.532. The van der Waals surface area contributed by atoms with Gasteiger partial charge in [-0.2, -0.15) is 5.10 Å². The van der Waals surface area contributed by atoms with Crippen molar-refractivity contribution in [3.8, 4) is 0 Å². The van der Waals surface area contributed by atoms with Crippen LogP contribution in [0.3, 0.4) is 0 Å². The van der Waals surface area contributed by atoms with Crippen molar-refractivity contribution in [3.05, 3.63) is 55.0 Å². The molecule has 0 spiro atoms. The number of fused-ring (bicyclic) bond motifs is 1. The Kier molecular flexibility index (Phi) is 3.07. The zero-order valence-corrected chi connectivity index (χ0v) is 11.9. The third-order valence-corrected chi connectivity index (χ3v) is 4.30. The fraction of sp³-hybridized carbons (Fsp3) is 0.294. The molecule has 2 aromatic heterocycles. The highest BCUT2D eigenvalue weighted by atomic mass is 15.3. The molecule has 0 N–H and O–H groups in total. The fourth-order valence-corrected chi connectivity index (χ4v) is 3.12. The van der Waals surface area contributed by atoms with Crippen LogP contribution in [0, 0.1) is 0 Å². The lowest BCUT2D eigenvalue weighted by Gasteiger charge is -2.33. The minimum Gasteiger partial charge on any atom is -0.370 e. The summed E-state index contributed by atoms with van der Waals surface area (Å²) in [6.07, 6.45) is 8.19. The number of hydrogen-bond donors (Lipinski definition) is 0. The third kappa shape index (κ3) is 2.37. The molecule has 3 aromatic rings. The zero-order chi connectivity index (χ0) is 14.1. The SMILES string of the molecule is c1ccc2ncc(N3CCC(n4cccn4)CC3)cc2c1. The number of nitrogens with zero attached hydrogens (tertiary/aromatic N) is 4. The van der Waals surface area contributed by atoms with Gasteiger partial charge >= 0.3 is 0 Å². The van der Waals surface area contributed by atoms with Gasteiger partial charge in [-0.25, -0.2) is 0 Å². The van der Waals surface area contributed by atoms with Gasteiger partial charge in [-0.1, -0.05) is 18.2 Å². The summed E-state index contributed by atoms with van der Waals surface area (Å²) in [5.74, 6) is 0. The van der Waals surface area contributed by atoms with Gasteiger partial charge in [0.25, 0.3) is 0 Å². The van der Waals surface area contributed by atoms with Crippen molar-refractivity contribution in [1.82, 2.24) is 14.8 Å². The Hall–Kier alpha value is -2.36. The van der Waals surface area contributed by atoms with Crippen molar-refractivity contribution in [2.75, 3.05) is 18.0 Å². The van der Waals surface area contributed by atoms with Gasteiger partial charge in [-0.05, 0) is 31.0 Å².